The van der Waals surface area contributed by atoms with Crippen molar-refractivity contribution >= 4 is 56.5 Å². The zero-order chi connectivity index (χ0) is 20.2. The SMILES string of the molecule is O=C1OC(c2ccc(I)c(Br)c2)=N/C1=C\c1ccc(OCc2ccccc2)cc1. The summed E-state index contributed by atoms with van der Waals surface area (Å²) >= 11 is 5.70. The van der Waals surface area contributed by atoms with Crippen molar-refractivity contribution < 1.29 is 14.3 Å². The van der Waals surface area contributed by atoms with Crippen LogP contribution in [0.2, 0.25) is 0 Å². The standard InChI is InChI=1S/C23H15BrINO3/c24-19-13-17(8-11-20(19)25)22-26-21(23(27)29-22)12-15-6-9-18(10-7-15)28-14-16-4-2-1-3-5-16/h1-13H,14H2/b21-12-. The van der Waals surface area contributed by atoms with Gasteiger partial charge in [-0.3, -0.25) is 0 Å². The number of carbonyl (C=O) groups excluding carboxylic acids is 1. The Labute approximate surface area is 190 Å². The van der Waals surface area contributed by atoms with Crippen molar-refractivity contribution in [1.82, 2.24) is 0 Å². The van der Waals surface area contributed by atoms with Crippen LogP contribution in [0.5, 0.6) is 5.75 Å². The van der Waals surface area contributed by atoms with Crippen molar-refractivity contribution in [1.29, 1.82) is 0 Å². The van der Waals surface area contributed by atoms with E-state index in [0.717, 1.165) is 30.5 Å². The predicted molar refractivity (Wildman–Crippen MR) is 125 cm³/mol. The van der Waals surface area contributed by atoms with Gasteiger partial charge in [-0.15, -0.1) is 0 Å². The van der Waals surface area contributed by atoms with Gasteiger partial charge < -0.3 is 9.47 Å². The fourth-order valence-corrected chi connectivity index (χ4v) is 3.44. The predicted octanol–water partition coefficient (Wildman–Crippen LogP) is 5.98. The van der Waals surface area contributed by atoms with Crippen LogP contribution in [-0.2, 0) is 16.1 Å². The van der Waals surface area contributed by atoms with E-state index in [1.54, 1.807) is 6.08 Å². The lowest BCUT2D eigenvalue weighted by Gasteiger charge is -2.06. The normalized spacial score (nSPS) is 14.6. The van der Waals surface area contributed by atoms with Gasteiger partial charge in [0.1, 0.15) is 12.4 Å². The number of nitrogens with zero attached hydrogens (tertiary/aromatic N) is 1. The number of carbonyl (C=O) groups is 1. The average Bonchev–Trinajstić information content (AvgIpc) is 3.10. The van der Waals surface area contributed by atoms with Gasteiger partial charge in [0.05, 0.1) is 0 Å². The molecule has 0 aromatic heterocycles. The summed E-state index contributed by atoms with van der Waals surface area (Å²) in [5.41, 5.74) is 2.97. The highest BCUT2D eigenvalue weighted by Crippen LogP contribution is 2.25. The van der Waals surface area contributed by atoms with Crippen LogP contribution in [0.25, 0.3) is 6.08 Å². The van der Waals surface area contributed by atoms with Gasteiger partial charge in [0.2, 0.25) is 5.90 Å². The lowest BCUT2D eigenvalue weighted by molar-refractivity contribution is -0.129. The molecular weight excluding hydrogens is 545 g/mol. The van der Waals surface area contributed by atoms with E-state index in [1.807, 2.05) is 72.8 Å². The van der Waals surface area contributed by atoms with Crippen molar-refractivity contribution in [3.8, 4) is 5.75 Å². The third-order valence-electron chi connectivity index (χ3n) is 4.22. The molecule has 0 saturated heterocycles. The first-order valence-electron chi connectivity index (χ1n) is 8.83. The quantitative estimate of drug-likeness (QED) is 0.219. The molecular formula is C23H15BrINO3. The van der Waals surface area contributed by atoms with Gasteiger partial charge in [-0.1, -0.05) is 42.5 Å². The highest BCUT2D eigenvalue weighted by Gasteiger charge is 2.24. The summed E-state index contributed by atoms with van der Waals surface area (Å²) < 4.78 is 13.1. The molecule has 3 aromatic carbocycles. The van der Waals surface area contributed by atoms with Gasteiger partial charge in [0.15, 0.2) is 5.70 Å². The molecule has 1 aliphatic rings. The fourth-order valence-electron chi connectivity index (χ4n) is 2.72. The van der Waals surface area contributed by atoms with Crippen molar-refractivity contribution in [2.24, 2.45) is 4.99 Å². The van der Waals surface area contributed by atoms with Crippen LogP contribution in [0.1, 0.15) is 16.7 Å². The minimum absolute atomic E-state index is 0.271. The van der Waals surface area contributed by atoms with Crippen molar-refractivity contribution in [2.75, 3.05) is 0 Å². The monoisotopic (exact) mass is 559 g/mol. The molecule has 0 atom stereocenters. The van der Waals surface area contributed by atoms with E-state index in [1.165, 1.54) is 0 Å². The molecule has 6 heteroatoms. The number of rotatable bonds is 5. The second-order valence-electron chi connectivity index (χ2n) is 6.31. The van der Waals surface area contributed by atoms with Crippen LogP contribution < -0.4 is 4.74 Å². The van der Waals surface area contributed by atoms with E-state index in [9.17, 15) is 4.79 Å². The molecule has 0 N–H and O–H groups in total. The number of esters is 1. The molecule has 0 amide bonds. The van der Waals surface area contributed by atoms with Crippen molar-refractivity contribution in [3.05, 3.63) is 103 Å². The van der Waals surface area contributed by atoms with Crippen molar-refractivity contribution in [3.63, 3.8) is 0 Å². The van der Waals surface area contributed by atoms with E-state index in [0.29, 0.717) is 12.5 Å². The number of benzene rings is 3. The van der Waals surface area contributed by atoms with E-state index in [2.05, 4.69) is 43.5 Å². The molecule has 0 fully saturated rings. The highest BCUT2D eigenvalue weighted by molar-refractivity contribution is 14.1. The Kier molecular flexibility index (Phi) is 6.10. The van der Waals surface area contributed by atoms with Gasteiger partial charge in [-0.05, 0) is 86.1 Å². The van der Waals surface area contributed by atoms with Crippen LogP contribution in [0.3, 0.4) is 0 Å². The summed E-state index contributed by atoms with van der Waals surface area (Å²) in [6.45, 7) is 0.507. The second-order valence-corrected chi connectivity index (χ2v) is 8.32. The Bertz CT molecular complexity index is 1110. The molecule has 29 heavy (non-hydrogen) atoms. The first-order chi connectivity index (χ1) is 14.1. The maximum absolute atomic E-state index is 12.2. The molecule has 0 radical (unpaired) electrons. The number of aliphatic imine (C=N–C) groups is 1. The molecule has 0 saturated carbocycles. The highest BCUT2D eigenvalue weighted by atomic mass is 127. The number of hydrogen-bond acceptors (Lipinski definition) is 4. The van der Waals surface area contributed by atoms with E-state index in [4.69, 9.17) is 9.47 Å². The van der Waals surface area contributed by atoms with Gasteiger partial charge in [0.25, 0.3) is 0 Å². The van der Waals surface area contributed by atoms with Crippen LogP contribution in [-0.4, -0.2) is 11.9 Å². The number of halogens is 2. The fraction of sp³-hybridized carbons (Fsp3) is 0.0435. The zero-order valence-corrected chi connectivity index (χ0v) is 18.9. The Morgan fingerprint density at radius 2 is 1.79 bits per heavy atom. The number of hydrogen-bond donors (Lipinski definition) is 0. The van der Waals surface area contributed by atoms with Crippen LogP contribution in [0, 0.1) is 3.57 Å². The summed E-state index contributed by atoms with van der Waals surface area (Å²) in [5.74, 6) is 0.609. The minimum Gasteiger partial charge on any atom is -0.489 e. The summed E-state index contributed by atoms with van der Waals surface area (Å²) in [5, 5.41) is 0. The molecule has 1 aliphatic heterocycles. The van der Waals surface area contributed by atoms with E-state index < -0.39 is 5.97 Å². The molecule has 1 heterocycles. The van der Waals surface area contributed by atoms with Crippen LogP contribution in [0.15, 0.2) is 88.0 Å². The molecule has 0 bridgehead atoms. The smallest absolute Gasteiger partial charge is 0.363 e. The Balaban J connectivity index is 1.47. The average molecular weight is 560 g/mol. The first-order valence-corrected chi connectivity index (χ1v) is 10.7. The topological polar surface area (TPSA) is 47.9 Å². The Hall–Kier alpha value is -2.45. The van der Waals surface area contributed by atoms with E-state index in [-0.39, 0.29) is 5.70 Å². The first kappa shape index (κ1) is 19.8. The lowest BCUT2D eigenvalue weighted by atomic mass is 10.2. The number of ether oxygens (including phenoxy) is 2. The number of cyclic esters (lactones) is 1. The van der Waals surface area contributed by atoms with Crippen LogP contribution in [0.4, 0.5) is 0 Å². The summed E-state index contributed by atoms with van der Waals surface area (Å²) in [6.07, 6.45) is 1.71. The molecule has 4 nitrogen and oxygen atoms in total. The molecule has 0 spiro atoms. The van der Waals surface area contributed by atoms with Crippen LogP contribution >= 0.6 is 38.5 Å². The molecule has 0 aliphatic carbocycles. The molecule has 0 unspecified atom stereocenters. The largest absolute Gasteiger partial charge is 0.489 e. The summed E-state index contributed by atoms with van der Waals surface area (Å²) in [7, 11) is 0. The molecule has 3 aromatic rings. The molecule has 144 valence electrons. The van der Waals surface area contributed by atoms with Crippen molar-refractivity contribution in [2.45, 2.75) is 6.61 Å². The minimum atomic E-state index is -0.459. The third kappa shape index (κ3) is 4.94. The summed E-state index contributed by atoms with van der Waals surface area (Å²) in [4.78, 5) is 16.6. The van der Waals surface area contributed by atoms with Gasteiger partial charge >= 0.3 is 5.97 Å². The second kappa shape index (κ2) is 8.92. The molecule has 4 rings (SSSR count). The maximum Gasteiger partial charge on any atom is 0.363 e. The zero-order valence-electron chi connectivity index (χ0n) is 15.1. The van der Waals surface area contributed by atoms with Gasteiger partial charge in [0, 0.05) is 13.6 Å². The van der Waals surface area contributed by atoms with E-state index >= 15 is 0 Å². The van der Waals surface area contributed by atoms with Gasteiger partial charge in [-0.2, -0.15) is 0 Å². The third-order valence-corrected chi connectivity index (χ3v) is 6.56. The summed E-state index contributed by atoms with van der Waals surface area (Å²) in [6, 6.07) is 23.2. The maximum atomic E-state index is 12.2. The lowest BCUT2D eigenvalue weighted by Crippen LogP contribution is -2.05. The Morgan fingerprint density at radius 3 is 2.52 bits per heavy atom. The Morgan fingerprint density at radius 1 is 1.03 bits per heavy atom. The van der Waals surface area contributed by atoms with Gasteiger partial charge in [-0.25, -0.2) is 9.79 Å².